The lowest BCUT2D eigenvalue weighted by molar-refractivity contribution is 0.0548. The number of hydrogen-bond acceptors (Lipinski definition) is 5. The van der Waals surface area contributed by atoms with Crippen LogP contribution in [0.5, 0.6) is 0 Å². The highest BCUT2D eigenvalue weighted by Gasteiger charge is 2.40. The molecule has 1 saturated carbocycles. The van der Waals surface area contributed by atoms with Gasteiger partial charge in [0.25, 0.3) is 17.7 Å². The molecule has 1 aromatic heterocycles. The van der Waals surface area contributed by atoms with Crippen LogP contribution in [-0.2, 0) is 0 Å². The van der Waals surface area contributed by atoms with Gasteiger partial charge in [-0.05, 0) is 62.1 Å². The summed E-state index contributed by atoms with van der Waals surface area (Å²) >= 11 is 0. The highest BCUT2D eigenvalue weighted by molar-refractivity contribution is 6.22. The Kier molecular flexibility index (Phi) is 5.94. The van der Waals surface area contributed by atoms with E-state index in [2.05, 4.69) is 43.0 Å². The lowest BCUT2D eigenvalue weighted by Crippen LogP contribution is -2.49. The Bertz CT molecular complexity index is 1420. The van der Waals surface area contributed by atoms with Crippen molar-refractivity contribution < 1.29 is 14.4 Å². The molecule has 0 N–H and O–H groups in total. The molecular weight excluding hydrogens is 464 g/mol. The summed E-state index contributed by atoms with van der Waals surface area (Å²) in [4.78, 5) is 50.0. The van der Waals surface area contributed by atoms with Crippen molar-refractivity contribution in [3.8, 4) is 0 Å². The number of hydrogen-bond donors (Lipinski definition) is 0. The first-order valence-corrected chi connectivity index (χ1v) is 13.4. The number of nitrogens with zero attached hydrogens (tertiary/aromatic N) is 4. The minimum Gasteiger partial charge on any atom is -0.353 e. The second kappa shape index (κ2) is 9.29. The third kappa shape index (κ3) is 4.06. The monoisotopic (exact) mass is 496 g/mol. The number of carbonyl (C=O) groups excluding carboxylic acids is 3. The molecule has 2 aliphatic heterocycles. The van der Waals surface area contributed by atoms with E-state index in [-0.39, 0.29) is 23.8 Å². The fraction of sp³-hybridized carbons (Fsp3) is 0.400. The summed E-state index contributed by atoms with van der Waals surface area (Å²) in [5, 5.41) is 1.17. The zero-order valence-electron chi connectivity index (χ0n) is 21.5. The predicted octanol–water partition coefficient (Wildman–Crippen LogP) is 4.74. The Balaban J connectivity index is 1.17. The average molecular weight is 497 g/mol. The Morgan fingerprint density at radius 3 is 2.32 bits per heavy atom. The molecular formula is C30H32N4O3. The molecule has 7 nitrogen and oxygen atoms in total. The van der Waals surface area contributed by atoms with Crippen molar-refractivity contribution in [2.45, 2.75) is 52.0 Å². The maximum absolute atomic E-state index is 13.4. The van der Waals surface area contributed by atoms with Gasteiger partial charge in [-0.2, -0.15) is 0 Å². The van der Waals surface area contributed by atoms with Gasteiger partial charge in [0, 0.05) is 43.2 Å². The topological polar surface area (TPSA) is 73.8 Å². The first-order valence-electron chi connectivity index (χ1n) is 13.4. The lowest BCUT2D eigenvalue weighted by atomic mass is 9.94. The van der Waals surface area contributed by atoms with E-state index >= 15 is 0 Å². The molecule has 0 spiro atoms. The molecule has 3 aliphatic rings. The predicted molar refractivity (Wildman–Crippen MR) is 143 cm³/mol. The van der Waals surface area contributed by atoms with Gasteiger partial charge >= 0.3 is 0 Å². The molecule has 3 heterocycles. The van der Waals surface area contributed by atoms with Crippen LogP contribution in [0.15, 0.2) is 42.5 Å². The van der Waals surface area contributed by atoms with E-state index in [1.165, 1.54) is 15.8 Å². The molecule has 2 aromatic carbocycles. The molecule has 0 radical (unpaired) electrons. The van der Waals surface area contributed by atoms with E-state index in [9.17, 15) is 14.4 Å². The molecule has 37 heavy (non-hydrogen) atoms. The minimum atomic E-state index is -0.251. The standard InChI is InChI=1S/C30H32N4O3/c1-19-7-6-10-23-20(2)17-26(31-27(19)23)32-13-15-33(16-14-32)28(35)21-11-12-24-25(18-21)30(37)34(29(24)36)22-8-4-3-5-9-22/h6-7,10-12,17-18,22H,3-5,8-9,13-16H2,1-2H3. The van der Waals surface area contributed by atoms with Crippen molar-refractivity contribution >= 4 is 34.4 Å². The van der Waals surface area contributed by atoms with Crippen LogP contribution < -0.4 is 4.90 Å². The maximum Gasteiger partial charge on any atom is 0.261 e. The van der Waals surface area contributed by atoms with E-state index in [1.807, 2.05) is 4.90 Å². The number of para-hydroxylation sites is 1. The number of anilines is 1. The number of benzene rings is 2. The van der Waals surface area contributed by atoms with Crippen LogP contribution in [0.3, 0.4) is 0 Å². The van der Waals surface area contributed by atoms with Crippen molar-refractivity contribution in [3.63, 3.8) is 0 Å². The number of carbonyl (C=O) groups is 3. The fourth-order valence-electron chi connectivity index (χ4n) is 6.09. The average Bonchev–Trinajstić information content (AvgIpc) is 3.18. The third-order valence-corrected chi connectivity index (χ3v) is 8.23. The number of aromatic nitrogens is 1. The Morgan fingerprint density at radius 2 is 1.57 bits per heavy atom. The van der Waals surface area contributed by atoms with Crippen LogP contribution in [0, 0.1) is 13.8 Å². The Morgan fingerprint density at radius 1 is 0.838 bits per heavy atom. The van der Waals surface area contributed by atoms with Crippen LogP contribution in [0.1, 0.15) is 74.3 Å². The zero-order valence-corrected chi connectivity index (χ0v) is 21.5. The van der Waals surface area contributed by atoms with Crippen molar-refractivity contribution in [1.29, 1.82) is 0 Å². The normalized spacial score (nSPS) is 18.6. The molecule has 0 atom stereocenters. The number of rotatable bonds is 3. The van der Waals surface area contributed by atoms with Crippen molar-refractivity contribution in [1.82, 2.24) is 14.8 Å². The summed E-state index contributed by atoms with van der Waals surface area (Å²) in [5.74, 6) is 0.375. The molecule has 7 heteroatoms. The Labute approximate surface area is 217 Å². The van der Waals surface area contributed by atoms with E-state index < -0.39 is 0 Å². The van der Waals surface area contributed by atoms with Crippen molar-refractivity contribution in [2.24, 2.45) is 0 Å². The summed E-state index contributed by atoms with van der Waals surface area (Å²) in [7, 11) is 0. The molecule has 3 aromatic rings. The van der Waals surface area contributed by atoms with Gasteiger partial charge in [0.1, 0.15) is 5.82 Å². The van der Waals surface area contributed by atoms with Crippen molar-refractivity contribution in [3.05, 3.63) is 70.3 Å². The molecule has 6 rings (SSSR count). The lowest BCUT2D eigenvalue weighted by Gasteiger charge is -2.35. The van der Waals surface area contributed by atoms with Gasteiger partial charge in [0.05, 0.1) is 16.6 Å². The fourth-order valence-corrected chi connectivity index (χ4v) is 6.09. The zero-order chi connectivity index (χ0) is 25.7. The number of pyridine rings is 1. The molecule has 3 amide bonds. The van der Waals surface area contributed by atoms with Crippen LogP contribution >= 0.6 is 0 Å². The van der Waals surface area contributed by atoms with Gasteiger partial charge in [-0.25, -0.2) is 4.98 Å². The van der Waals surface area contributed by atoms with Gasteiger partial charge in [0.15, 0.2) is 0 Å². The van der Waals surface area contributed by atoms with Crippen LogP contribution in [0.25, 0.3) is 10.9 Å². The summed E-state index contributed by atoms with van der Waals surface area (Å²) in [6, 6.07) is 13.3. The van der Waals surface area contributed by atoms with E-state index in [1.54, 1.807) is 18.2 Å². The SMILES string of the molecule is Cc1cc(N2CCN(C(=O)c3ccc4c(c3)C(=O)N(C3CCCCC3)C4=O)CC2)nc2c(C)cccc12. The van der Waals surface area contributed by atoms with Gasteiger partial charge in [-0.1, -0.05) is 37.5 Å². The van der Waals surface area contributed by atoms with E-state index in [0.29, 0.717) is 42.9 Å². The van der Waals surface area contributed by atoms with E-state index in [0.717, 1.165) is 49.0 Å². The summed E-state index contributed by atoms with van der Waals surface area (Å²) in [5.41, 5.74) is 4.63. The number of piperazine rings is 1. The van der Waals surface area contributed by atoms with E-state index in [4.69, 9.17) is 4.98 Å². The van der Waals surface area contributed by atoms with Crippen LogP contribution in [0.2, 0.25) is 0 Å². The molecule has 1 aliphatic carbocycles. The van der Waals surface area contributed by atoms with Gasteiger partial charge < -0.3 is 9.80 Å². The van der Waals surface area contributed by atoms with Crippen molar-refractivity contribution in [2.75, 3.05) is 31.1 Å². The number of amides is 3. The molecule has 2 fully saturated rings. The molecule has 190 valence electrons. The van der Waals surface area contributed by atoms with Gasteiger partial charge in [-0.3, -0.25) is 19.3 Å². The summed E-state index contributed by atoms with van der Waals surface area (Å²) in [6.45, 7) is 6.72. The molecule has 1 saturated heterocycles. The maximum atomic E-state index is 13.4. The second-order valence-electron chi connectivity index (χ2n) is 10.6. The highest BCUT2D eigenvalue weighted by atomic mass is 16.2. The highest BCUT2D eigenvalue weighted by Crippen LogP contribution is 2.32. The Hall–Kier alpha value is -3.74. The first-order chi connectivity index (χ1) is 17.9. The van der Waals surface area contributed by atoms with Crippen LogP contribution in [-0.4, -0.2) is 64.7 Å². The van der Waals surface area contributed by atoms with Crippen LogP contribution in [0.4, 0.5) is 5.82 Å². The molecule has 0 bridgehead atoms. The summed E-state index contributed by atoms with van der Waals surface area (Å²) < 4.78 is 0. The molecule has 0 unspecified atom stereocenters. The quantitative estimate of drug-likeness (QED) is 0.490. The smallest absolute Gasteiger partial charge is 0.261 e. The largest absolute Gasteiger partial charge is 0.353 e. The first kappa shape index (κ1) is 23.6. The third-order valence-electron chi connectivity index (χ3n) is 8.23. The number of aryl methyl sites for hydroxylation is 2. The number of fused-ring (bicyclic) bond motifs is 2. The second-order valence-corrected chi connectivity index (χ2v) is 10.6. The summed E-state index contributed by atoms with van der Waals surface area (Å²) in [6.07, 6.45) is 4.98. The van der Waals surface area contributed by atoms with Gasteiger partial charge in [0.2, 0.25) is 0 Å². The minimum absolute atomic E-state index is 0.0236. The van der Waals surface area contributed by atoms with Gasteiger partial charge in [-0.15, -0.1) is 0 Å². The number of imide groups is 1.